The van der Waals surface area contributed by atoms with Crippen molar-refractivity contribution >= 4 is 27.4 Å². The Kier molecular flexibility index (Phi) is 6.04. The normalized spacial score (nSPS) is 15.8. The molecule has 8 nitrogen and oxygen atoms in total. The van der Waals surface area contributed by atoms with Crippen LogP contribution in [0.4, 0.5) is 16.0 Å². The first-order valence-electron chi connectivity index (χ1n) is 9.05. The molecule has 1 aliphatic rings. The van der Waals surface area contributed by atoms with Crippen molar-refractivity contribution in [3.63, 3.8) is 0 Å². The Morgan fingerprint density at radius 2 is 1.93 bits per heavy atom. The van der Waals surface area contributed by atoms with Crippen LogP contribution in [-0.4, -0.2) is 56.0 Å². The lowest BCUT2D eigenvalue weighted by Gasteiger charge is -2.31. The number of nitrogen functional groups attached to an aromatic ring is 1. The Balaban J connectivity index is 1.73. The summed E-state index contributed by atoms with van der Waals surface area (Å²) >= 11 is 0. The number of ether oxygens (including phenoxy) is 1. The number of rotatable bonds is 6. The second-order valence-electron chi connectivity index (χ2n) is 6.88. The number of halogens is 1. The minimum atomic E-state index is -3.18. The molecule has 3 rings (SSSR count). The van der Waals surface area contributed by atoms with Gasteiger partial charge in [0, 0.05) is 19.1 Å². The summed E-state index contributed by atoms with van der Waals surface area (Å²) in [5, 5.41) is 3.22. The average molecular weight is 422 g/mol. The van der Waals surface area contributed by atoms with Crippen molar-refractivity contribution in [3.05, 3.63) is 47.3 Å². The second-order valence-corrected chi connectivity index (χ2v) is 8.87. The monoisotopic (exact) mass is 422 g/mol. The molecule has 0 spiro atoms. The van der Waals surface area contributed by atoms with Crippen LogP contribution in [0.5, 0.6) is 5.75 Å². The Labute approximate surface area is 168 Å². The molecule has 10 heteroatoms. The van der Waals surface area contributed by atoms with E-state index in [0.29, 0.717) is 31.7 Å². The summed E-state index contributed by atoms with van der Waals surface area (Å²) in [6, 6.07) is 6.89. The molecule has 29 heavy (non-hydrogen) atoms. The standard InChI is InChI=1S/C19H23FN4O4S/c1-28-16-5-3-12(20)11-15(16)18(25)14-4-6-17(23-19(14)21)22-13-7-9-24(10-8-13)29(2,26)27/h3-6,11,13H,7-10H2,1-2H3,(H3,21,22,23). The number of nitrogens with zero attached hydrogens (tertiary/aromatic N) is 2. The van der Waals surface area contributed by atoms with Crippen molar-refractivity contribution in [1.82, 2.24) is 9.29 Å². The van der Waals surface area contributed by atoms with Crippen LogP contribution in [0, 0.1) is 5.82 Å². The minimum absolute atomic E-state index is 0.0138. The number of methoxy groups -OCH3 is 1. The number of benzene rings is 1. The van der Waals surface area contributed by atoms with Crippen molar-refractivity contribution in [2.75, 3.05) is 37.5 Å². The SMILES string of the molecule is COc1ccc(F)cc1C(=O)c1ccc(NC2CCN(S(C)(=O)=O)CC2)nc1N. The second kappa shape index (κ2) is 8.34. The van der Waals surface area contributed by atoms with E-state index in [4.69, 9.17) is 10.5 Å². The van der Waals surface area contributed by atoms with Crippen molar-refractivity contribution in [1.29, 1.82) is 0 Å². The minimum Gasteiger partial charge on any atom is -0.496 e. The van der Waals surface area contributed by atoms with Crippen LogP contribution in [0.3, 0.4) is 0 Å². The number of ketones is 1. The first-order chi connectivity index (χ1) is 13.7. The van der Waals surface area contributed by atoms with E-state index in [1.54, 1.807) is 6.07 Å². The number of piperidine rings is 1. The molecule has 0 bridgehead atoms. The maximum absolute atomic E-state index is 13.6. The lowest BCUT2D eigenvalue weighted by Crippen LogP contribution is -2.41. The number of nitrogens with one attached hydrogen (secondary N) is 1. The first kappa shape index (κ1) is 21.0. The summed E-state index contributed by atoms with van der Waals surface area (Å²) in [6.45, 7) is 0.865. The molecule has 0 amide bonds. The van der Waals surface area contributed by atoms with Crippen LogP contribution in [0.25, 0.3) is 0 Å². The van der Waals surface area contributed by atoms with Gasteiger partial charge in [0.2, 0.25) is 15.8 Å². The van der Waals surface area contributed by atoms with E-state index in [2.05, 4.69) is 10.3 Å². The van der Waals surface area contributed by atoms with E-state index in [1.807, 2.05) is 0 Å². The molecule has 0 radical (unpaired) electrons. The highest BCUT2D eigenvalue weighted by atomic mass is 32.2. The van der Waals surface area contributed by atoms with Crippen LogP contribution < -0.4 is 15.8 Å². The molecule has 1 saturated heterocycles. The van der Waals surface area contributed by atoms with Crippen molar-refractivity contribution in [2.24, 2.45) is 0 Å². The number of aromatic nitrogens is 1. The van der Waals surface area contributed by atoms with Gasteiger partial charge >= 0.3 is 0 Å². The number of carbonyl (C=O) groups is 1. The van der Waals surface area contributed by atoms with Gasteiger partial charge in [0.15, 0.2) is 0 Å². The molecule has 0 saturated carbocycles. The summed E-state index contributed by atoms with van der Waals surface area (Å²) in [6.07, 6.45) is 2.47. The Bertz CT molecular complexity index is 1020. The lowest BCUT2D eigenvalue weighted by atomic mass is 10.0. The van der Waals surface area contributed by atoms with Gasteiger partial charge in [0.05, 0.1) is 24.5 Å². The summed E-state index contributed by atoms with van der Waals surface area (Å²) in [4.78, 5) is 17.0. The fraction of sp³-hybridized carbons (Fsp3) is 0.368. The maximum Gasteiger partial charge on any atom is 0.211 e. The predicted molar refractivity (Wildman–Crippen MR) is 108 cm³/mol. The van der Waals surface area contributed by atoms with E-state index in [-0.39, 0.29) is 28.7 Å². The van der Waals surface area contributed by atoms with E-state index in [0.717, 1.165) is 6.07 Å². The fourth-order valence-electron chi connectivity index (χ4n) is 3.29. The molecule has 0 atom stereocenters. The van der Waals surface area contributed by atoms with Crippen LogP contribution in [-0.2, 0) is 10.0 Å². The molecule has 2 heterocycles. The summed E-state index contributed by atoms with van der Waals surface area (Å²) in [5.41, 5.74) is 6.19. The lowest BCUT2D eigenvalue weighted by molar-refractivity contribution is 0.103. The third-order valence-electron chi connectivity index (χ3n) is 4.85. The van der Waals surface area contributed by atoms with Gasteiger partial charge in [-0.1, -0.05) is 0 Å². The Hall–Kier alpha value is -2.72. The zero-order chi connectivity index (χ0) is 21.2. The first-order valence-corrected chi connectivity index (χ1v) is 10.9. The van der Waals surface area contributed by atoms with Gasteiger partial charge in [-0.15, -0.1) is 0 Å². The van der Waals surface area contributed by atoms with Gasteiger partial charge < -0.3 is 15.8 Å². The van der Waals surface area contributed by atoms with Gasteiger partial charge in [-0.25, -0.2) is 22.1 Å². The van der Waals surface area contributed by atoms with Crippen LogP contribution >= 0.6 is 0 Å². The number of carbonyl (C=O) groups excluding carboxylic acids is 1. The van der Waals surface area contributed by atoms with E-state index in [1.165, 1.54) is 35.9 Å². The van der Waals surface area contributed by atoms with Gasteiger partial charge in [0.1, 0.15) is 23.2 Å². The van der Waals surface area contributed by atoms with Gasteiger partial charge in [0.25, 0.3) is 0 Å². The van der Waals surface area contributed by atoms with Crippen LogP contribution in [0.15, 0.2) is 30.3 Å². The van der Waals surface area contributed by atoms with Crippen molar-refractivity contribution in [2.45, 2.75) is 18.9 Å². The molecule has 1 aliphatic heterocycles. The summed E-state index contributed by atoms with van der Waals surface area (Å²) < 4.78 is 43.3. The van der Waals surface area contributed by atoms with Crippen LogP contribution in [0.1, 0.15) is 28.8 Å². The molecule has 2 aromatic rings. The van der Waals surface area contributed by atoms with Gasteiger partial charge in [-0.2, -0.15) is 0 Å². The van der Waals surface area contributed by atoms with Gasteiger partial charge in [-0.3, -0.25) is 4.79 Å². The maximum atomic E-state index is 13.6. The zero-order valence-corrected chi connectivity index (χ0v) is 17.0. The van der Waals surface area contributed by atoms with E-state index >= 15 is 0 Å². The highest BCUT2D eigenvalue weighted by molar-refractivity contribution is 7.88. The number of hydrogen-bond donors (Lipinski definition) is 2. The predicted octanol–water partition coefficient (Wildman–Crippen LogP) is 1.88. The number of pyridine rings is 1. The average Bonchev–Trinajstić information content (AvgIpc) is 2.67. The topological polar surface area (TPSA) is 115 Å². The number of sulfonamides is 1. The van der Waals surface area contributed by atoms with Crippen molar-refractivity contribution < 1.29 is 22.3 Å². The zero-order valence-electron chi connectivity index (χ0n) is 16.2. The highest BCUT2D eigenvalue weighted by Gasteiger charge is 2.25. The Morgan fingerprint density at radius 1 is 1.24 bits per heavy atom. The van der Waals surface area contributed by atoms with Crippen molar-refractivity contribution in [3.8, 4) is 5.75 Å². The molecule has 0 aliphatic carbocycles. The summed E-state index contributed by atoms with van der Waals surface area (Å²) in [7, 11) is -1.79. The van der Waals surface area contributed by atoms with E-state index < -0.39 is 21.6 Å². The molecule has 1 aromatic carbocycles. The van der Waals surface area contributed by atoms with E-state index in [9.17, 15) is 17.6 Å². The third-order valence-corrected chi connectivity index (χ3v) is 6.15. The molecular formula is C19H23FN4O4S. The highest BCUT2D eigenvalue weighted by Crippen LogP contribution is 2.26. The molecule has 156 valence electrons. The molecule has 3 N–H and O–H groups in total. The third kappa shape index (κ3) is 4.83. The summed E-state index contributed by atoms with van der Waals surface area (Å²) in [5.74, 6) is -0.294. The smallest absolute Gasteiger partial charge is 0.211 e. The molecular weight excluding hydrogens is 399 g/mol. The fourth-order valence-corrected chi connectivity index (χ4v) is 4.17. The van der Waals surface area contributed by atoms with Gasteiger partial charge in [-0.05, 0) is 43.2 Å². The molecule has 1 aromatic heterocycles. The number of anilines is 2. The Morgan fingerprint density at radius 3 is 2.52 bits per heavy atom. The van der Waals surface area contributed by atoms with Crippen LogP contribution in [0.2, 0.25) is 0 Å². The number of hydrogen-bond acceptors (Lipinski definition) is 7. The molecule has 0 unspecified atom stereocenters. The molecule has 1 fully saturated rings. The largest absolute Gasteiger partial charge is 0.496 e. The number of nitrogens with two attached hydrogens (primary N) is 1. The quantitative estimate of drug-likeness (QED) is 0.683.